The van der Waals surface area contributed by atoms with Crippen LogP contribution in [0.1, 0.15) is 33.6 Å². The third kappa shape index (κ3) is 4.79. The van der Waals surface area contributed by atoms with E-state index in [1.165, 1.54) is 16.4 Å². The standard InChI is InChI=1S/C21H21FN4O4S2/c1-30-17-8-6-16(7-9-17)23-19(27)21-25-24-20(31-21)14-3-2-12-26(13-14)32(28,29)18-10-4-15(22)5-11-18/h4-11,14H,2-3,12-13H2,1H3,(H,23,27). The van der Waals surface area contributed by atoms with Crippen LogP contribution >= 0.6 is 11.3 Å². The van der Waals surface area contributed by atoms with Gasteiger partial charge in [-0.05, 0) is 61.4 Å². The Morgan fingerprint density at radius 1 is 1.16 bits per heavy atom. The first-order valence-corrected chi connectivity index (χ1v) is 12.2. The van der Waals surface area contributed by atoms with E-state index < -0.39 is 15.8 Å². The van der Waals surface area contributed by atoms with E-state index in [-0.39, 0.29) is 28.3 Å². The van der Waals surface area contributed by atoms with Gasteiger partial charge in [0.15, 0.2) is 0 Å². The molecule has 2 heterocycles. The van der Waals surface area contributed by atoms with Gasteiger partial charge in [0.05, 0.1) is 12.0 Å². The highest BCUT2D eigenvalue weighted by molar-refractivity contribution is 7.89. The molecule has 0 aliphatic carbocycles. The van der Waals surface area contributed by atoms with Crippen molar-refractivity contribution in [2.45, 2.75) is 23.7 Å². The number of anilines is 1. The maximum atomic E-state index is 13.2. The monoisotopic (exact) mass is 476 g/mol. The summed E-state index contributed by atoms with van der Waals surface area (Å²) in [6, 6.07) is 11.7. The summed E-state index contributed by atoms with van der Waals surface area (Å²) in [7, 11) is -2.18. The summed E-state index contributed by atoms with van der Waals surface area (Å²) < 4.78 is 45.5. The van der Waals surface area contributed by atoms with Crippen LogP contribution in [0.3, 0.4) is 0 Å². The summed E-state index contributed by atoms with van der Waals surface area (Å²) in [6.45, 7) is 0.605. The van der Waals surface area contributed by atoms with Gasteiger partial charge < -0.3 is 10.1 Å². The second-order valence-corrected chi connectivity index (χ2v) is 10.2. The van der Waals surface area contributed by atoms with Crippen molar-refractivity contribution in [3.05, 3.63) is 64.4 Å². The number of benzene rings is 2. The van der Waals surface area contributed by atoms with Crippen LogP contribution in [0.2, 0.25) is 0 Å². The minimum absolute atomic E-state index is 0.0522. The van der Waals surface area contributed by atoms with Gasteiger partial charge >= 0.3 is 0 Å². The molecule has 3 aromatic rings. The quantitative estimate of drug-likeness (QED) is 0.584. The Bertz CT molecular complexity index is 1200. The molecular weight excluding hydrogens is 455 g/mol. The van der Waals surface area contributed by atoms with E-state index in [9.17, 15) is 17.6 Å². The summed E-state index contributed by atoms with van der Waals surface area (Å²) in [4.78, 5) is 12.6. The van der Waals surface area contributed by atoms with Gasteiger partial charge in [-0.2, -0.15) is 4.31 Å². The van der Waals surface area contributed by atoms with Crippen molar-refractivity contribution in [1.29, 1.82) is 0 Å². The van der Waals surface area contributed by atoms with Crippen LogP contribution in [0.25, 0.3) is 0 Å². The molecule has 1 saturated heterocycles. The normalized spacial score (nSPS) is 17.1. The topological polar surface area (TPSA) is 101 Å². The maximum absolute atomic E-state index is 13.2. The van der Waals surface area contributed by atoms with E-state index in [1.807, 2.05) is 0 Å². The number of sulfonamides is 1. The number of nitrogens with zero attached hydrogens (tertiary/aromatic N) is 3. The first-order chi connectivity index (χ1) is 15.4. The zero-order valence-electron chi connectivity index (χ0n) is 17.2. The lowest BCUT2D eigenvalue weighted by molar-refractivity contribution is 0.102. The van der Waals surface area contributed by atoms with Crippen molar-refractivity contribution in [1.82, 2.24) is 14.5 Å². The second kappa shape index (κ2) is 9.31. The highest BCUT2D eigenvalue weighted by Gasteiger charge is 2.32. The van der Waals surface area contributed by atoms with Gasteiger partial charge in [-0.25, -0.2) is 12.8 Å². The summed E-state index contributed by atoms with van der Waals surface area (Å²) in [5.41, 5.74) is 0.599. The lowest BCUT2D eigenvalue weighted by Gasteiger charge is -2.30. The number of hydrogen-bond acceptors (Lipinski definition) is 7. The Labute approximate surface area is 189 Å². The van der Waals surface area contributed by atoms with Crippen molar-refractivity contribution in [2.75, 3.05) is 25.5 Å². The predicted molar refractivity (Wildman–Crippen MR) is 118 cm³/mol. The minimum Gasteiger partial charge on any atom is -0.497 e. The second-order valence-electron chi connectivity index (χ2n) is 7.28. The number of piperidine rings is 1. The molecule has 1 N–H and O–H groups in total. The molecule has 1 aromatic heterocycles. The molecule has 8 nitrogen and oxygen atoms in total. The molecule has 0 bridgehead atoms. The molecule has 0 saturated carbocycles. The van der Waals surface area contributed by atoms with Gasteiger partial charge in [0.2, 0.25) is 15.0 Å². The molecule has 0 radical (unpaired) electrons. The molecule has 1 unspecified atom stereocenters. The number of carbonyl (C=O) groups excluding carboxylic acids is 1. The molecule has 11 heteroatoms. The molecule has 32 heavy (non-hydrogen) atoms. The number of hydrogen-bond donors (Lipinski definition) is 1. The number of carbonyl (C=O) groups is 1. The van der Waals surface area contributed by atoms with Crippen LogP contribution < -0.4 is 10.1 Å². The first kappa shape index (κ1) is 22.3. The lowest BCUT2D eigenvalue weighted by Crippen LogP contribution is -2.39. The van der Waals surface area contributed by atoms with Crippen LogP contribution in [-0.4, -0.2) is 49.0 Å². The first-order valence-electron chi connectivity index (χ1n) is 9.91. The summed E-state index contributed by atoms with van der Waals surface area (Å²) in [5, 5.41) is 11.7. The van der Waals surface area contributed by atoms with Gasteiger partial charge in [-0.1, -0.05) is 11.3 Å². The van der Waals surface area contributed by atoms with Crippen molar-refractivity contribution in [2.24, 2.45) is 0 Å². The number of aromatic nitrogens is 2. The number of rotatable bonds is 6. The minimum atomic E-state index is -3.74. The lowest BCUT2D eigenvalue weighted by atomic mass is 10.0. The van der Waals surface area contributed by atoms with Crippen molar-refractivity contribution in [3.63, 3.8) is 0 Å². The van der Waals surface area contributed by atoms with Crippen molar-refractivity contribution in [3.8, 4) is 5.75 Å². The molecule has 4 rings (SSSR count). The van der Waals surface area contributed by atoms with Crippen molar-refractivity contribution >= 4 is 33.0 Å². The van der Waals surface area contributed by atoms with Crippen LogP contribution in [0.4, 0.5) is 10.1 Å². The maximum Gasteiger partial charge on any atom is 0.286 e. The van der Waals surface area contributed by atoms with Gasteiger partial charge in [0, 0.05) is 24.7 Å². The number of nitrogens with one attached hydrogen (secondary N) is 1. The summed E-state index contributed by atoms with van der Waals surface area (Å²) in [6.07, 6.45) is 1.39. The number of halogens is 1. The molecular formula is C21H21FN4O4S2. The third-order valence-electron chi connectivity index (χ3n) is 5.17. The largest absolute Gasteiger partial charge is 0.497 e. The smallest absolute Gasteiger partial charge is 0.286 e. The van der Waals surface area contributed by atoms with Crippen LogP contribution in [0, 0.1) is 5.82 Å². The van der Waals surface area contributed by atoms with Crippen LogP contribution in [-0.2, 0) is 10.0 Å². The predicted octanol–water partition coefficient (Wildman–Crippen LogP) is 3.51. The molecule has 0 spiro atoms. The molecule has 168 valence electrons. The average molecular weight is 477 g/mol. The van der Waals surface area contributed by atoms with Crippen LogP contribution in [0.15, 0.2) is 53.4 Å². The summed E-state index contributed by atoms with van der Waals surface area (Å²) >= 11 is 1.15. The highest BCUT2D eigenvalue weighted by atomic mass is 32.2. The van der Waals surface area contributed by atoms with E-state index in [0.717, 1.165) is 29.9 Å². The summed E-state index contributed by atoms with van der Waals surface area (Å²) in [5.74, 6) is -0.363. The van der Waals surface area contributed by atoms with E-state index in [1.54, 1.807) is 31.4 Å². The van der Waals surface area contributed by atoms with Gasteiger partial charge in [-0.3, -0.25) is 4.79 Å². The van der Waals surface area contributed by atoms with Crippen molar-refractivity contribution < 1.29 is 22.3 Å². The Balaban J connectivity index is 1.45. The van der Waals surface area contributed by atoms with E-state index in [4.69, 9.17) is 4.74 Å². The molecule has 1 aliphatic rings. The zero-order valence-corrected chi connectivity index (χ0v) is 18.8. The van der Waals surface area contributed by atoms with E-state index in [0.29, 0.717) is 29.4 Å². The fraction of sp³-hybridized carbons (Fsp3) is 0.286. The molecule has 1 amide bonds. The SMILES string of the molecule is COc1ccc(NC(=O)c2nnc(C3CCCN(S(=O)(=O)c4ccc(F)cc4)C3)s2)cc1. The number of methoxy groups -OCH3 is 1. The third-order valence-corrected chi connectivity index (χ3v) is 8.13. The Morgan fingerprint density at radius 3 is 2.56 bits per heavy atom. The fourth-order valence-electron chi connectivity index (χ4n) is 3.47. The molecule has 2 aromatic carbocycles. The van der Waals surface area contributed by atoms with Gasteiger partial charge in [-0.15, -0.1) is 10.2 Å². The van der Waals surface area contributed by atoms with Gasteiger partial charge in [0.25, 0.3) is 5.91 Å². The molecule has 1 fully saturated rings. The van der Waals surface area contributed by atoms with E-state index in [2.05, 4.69) is 15.5 Å². The Hall–Kier alpha value is -2.89. The molecule has 1 atom stereocenters. The number of ether oxygens (including phenoxy) is 1. The molecule has 1 aliphatic heterocycles. The Kier molecular flexibility index (Phi) is 6.49. The average Bonchev–Trinajstić information content (AvgIpc) is 3.31. The fourth-order valence-corrected chi connectivity index (χ4v) is 5.86. The van der Waals surface area contributed by atoms with Gasteiger partial charge in [0.1, 0.15) is 16.6 Å². The number of amides is 1. The Morgan fingerprint density at radius 2 is 1.88 bits per heavy atom. The zero-order chi connectivity index (χ0) is 22.7. The highest BCUT2D eigenvalue weighted by Crippen LogP contribution is 2.32. The van der Waals surface area contributed by atoms with E-state index >= 15 is 0 Å². The van der Waals surface area contributed by atoms with Crippen LogP contribution in [0.5, 0.6) is 5.75 Å².